The molecule has 1 unspecified atom stereocenters. The molecule has 9 heteroatoms. The number of aliphatic carboxylic acids is 1. The van der Waals surface area contributed by atoms with Crippen molar-refractivity contribution in [2.45, 2.75) is 53.5 Å². The highest BCUT2D eigenvalue weighted by molar-refractivity contribution is 6.05. The third-order valence-corrected chi connectivity index (χ3v) is 6.99. The fourth-order valence-electron chi connectivity index (χ4n) is 4.87. The van der Waals surface area contributed by atoms with Crippen molar-refractivity contribution in [3.8, 4) is 11.1 Å². The summed E-state index contributed by atoms with van der Waals surface area (Å²) in [7, 11) is 0. The Kier molecular flexibility index (Phi) is 7.90. The Morgan fingerprint density at radius 1 is 0.923 bits per heavy atom. The first-order valence-electron chi connectivity index (χ1n) is 12.8. The zero-order valence-corrected chi connectivity index (χ0v) is 22.6. The lowest BCUT2D eigenvalue weighted by atomic mass is 9.96. The predicted octanol–water partition coefficient (Wildman–Crippen LogP) is 4.41. The van der Waals surface area contributed by atoms with Crippen LogP contribution in [0.25, 0.3) is 33.1 Å². The number of nitrogens with one attached hydrogen (secondary N) is 2. The first-order chi connectivity index (χ1) is 18.5. The highest BCUT2D eigenvalue weighted by Crippen LogP contribution is 2.39. The molecule has 2 amide bonds. The van der Waals surface area contributed by atoms with Gasteiger partial charge >= 0.3 is 11.6 Å². The van der Waals surface area contributed by atoms with E-state index < -0.39 is 29.5 Å². The Bertz CT molecular complexity index is 1630. The fraction of sp³-hybridized carbons (Fsp3) is 0.333. The van der Waals surface area contributed by atoms with Crippen LogP contribution in [-0.2, 0) is 20.8 Å². The van der Waals surface area contributed by atoms with Gasteiger partial charge in [-0.15, -0.1) is 0 Å². The predicted molar refractivity (Wildman–Crippen MR) is 148 cm³/mol. The van der Waals surface area contributed by atoms with Gasteiger partial charge in [-0.1, -0.05) is 44.2 Å². The van der Waals surface area contributed by atoms with E-state index in [1.54, 1.807) is 13.8 Å². The molecule has 4 rings (SSSR count). The molecular weight excluding hydrogens is 500 g/mol. The Labute approximate surface area is 225 Å². The van der Waals surface area contributed by atoms with Crippen molar-refractivity contribution in [3.05, 3.63) is 69.3 Å². The van der Waals surface area contributed by atoms with Crippen LogP contribution in [0.5, 0.6) is 0 Å². The second kappa shape index (κ2) is 11.1. The molecule has 4 aromatic rings. The summed E-state index contributed by atoms with van der Waals surface area (Å²) >= 11 is 0. The number of hydrogen-bond acceptors (Lipinski definition) is 6. The number of carboxylic acids is 1. The minimum absolute atomic E-state index is 0.0434. The minimum atomic E-state index is -1.14. The van der Waals surface area contributed by atoms with Gasteiger partial charge in [0.1, 0.15) is 23.0 Å². The zero-order valence-electron chi connectivity index (χ0n) is 22.6. The maximum atomic E-state index is 12.9. The van der Waals surface area contributed by atoms with Crippen LogP contribution in [0.15, 0.2) is 50.0 Å². The summed E-state index contributed by atoms with van der Waals surface area (Å²) in [6.07, 6.45) is 0.0760. The van der Waals surface area contributed by atoms with Crippen molar-refractivity contribution in [3.63, 3.8) is 0 Å². The van der Waals surface area contributed by atoms with Crippen LogP contribution >= 0.6 is 0 Å². The molecule has 0 aliphatic rings. The van der Waals surface area contributed by atoms with E-state index in [1.807, 2.05) is 57.2 Å². The second-order valence-corrected chi connectivity index (χ2v) is 10.1. The lowest BCUT2D eigenvalue weighted by molar-refractivity contribution is -0.143. The number of carboxylic acid groups (broad SMARTS) is 1. The number of carbonyl (C=O) groups excluding carboxylic acids is 2. The summed E-state index contributed by atoms with van der Waals surface area (Å²) in [6, 6.07) is 10.8. The van der Waals surface area contributed by atoms with E-state index in [1.165, 1.54) is 0 Å². The molecule has 9 nitrogen and oxygen atoms in total. The lowest BCUT2D eigenvalue weighted by Crippen LogP contribution is -2.48. The molecule has 39 heavy (non-hydrogen) atoms. The summed E-state index contributed by atoms with van der Waals surface area (Å²) < 4.78 is 11.8. The second-order valence-electron chi connectivity index (χ2n) is 10.1. The Morgan fingerprint density at radius 3 is 2.23 bits per heavy atom. The average Bonchev–Trinajstić information content (AvgIpc) is 3.23. The van der Waals surface area contributed by atoms with Crippen molar-refractivity contribution in [1.29, 1.82) is 0 Å². The van der Waals surface area contributed by atoms with E-state index in [9.17, 15) is 24.3 Å². The van der Waals surface area contributed by atoms with Gasteiger partial charge in [-0.2, -0.15) is 0 Å². The van der Waals surface area contributed by atoms with Gasteiger partial charge in [-0.05, 0) is 50.3 Å². The molecule has 204 valence electrons. The Hall–Kier alpha value is -4.40. The molecule has 2 heterocycles. The normalized spacial score (nSPS) is 12.2. The van der Waals surface area contributed by atoms with Crippen LogP contribution in [-0.4, -0.2) is 35.5 Å². The van der Waals surface area contributed by atoms with Crippen LogP contribution in [0.1, 0.15) is 42.7 Å². The van der Waals surface area contributed by atoms with Crippen LogP contribution in [0, 0.1) is 26.7 Å². The largest absolute Gasteiger partial charge is 0.480 e. The third-order valence-electron chi connectivity index (χ3n) is 6.99. The molecule has 0 radical (unpaired) electrons. The third kappa shape index (κ3) is 5.57. The molecule has 0 bridgehead atoms. The Balaban J connectivity index is 1.56. The molecule has 0 fully saturated rings. The van der Waals surface area contributed by atoms with Crippen molar-refractivity contribution in [1.82, 2.24) is 10.6 Å². The molecule has 2 aromatic carbocycles. The molecular formula is C30H32N2O7. The zero-order chi connectivity index (χ0) is 28.4. The summed E-state index contributed by atoms with van der Waals surface area (Å²) in [6.45, 7) is 8.59. The molecule has 0 saturated heterocycles. The number of hydrogen-bond donors (Lipinski definition) is 3. The standard InChI is InChI=1S/C30H32N2O7/c1-15(2)26(29(35)36)32-24(34)14-31-23(33)12-11-20-16(3)21-13-22-25(19-9-7-6-8-10-19)18(5)38-28(22)17(4)27(21)39-30(20)37/h6-10,13,15,26H,11-12,14H2,1-5H3,(H,31,33)(H,32,34)(H,35,36). The van der Waals surface area contributed by atoms with Crippen LogP contribution in [0.3, 0.4) is 0 Å². The van der Waals surface area contributed by atoms with E-state index in [4.69, 9.17) is 8.83 Å². The molecule has 3 N–H and O–H groups in total. The van der Waals surface area contributed by atoms with Crippen LogP contribution in [0.4, 0.5) is 0 Å². The molecule has 2 aromatic heterocycles. The number of aryl methyl sites for hydroxylation is 3. The van der Waals surface area contributed by atoms with Gasteiger partial charge in [0, 0.05) is 33.9 Å². The van der Waals surface area contributed by atoms with Gasteiger partial charge in [0.05, 0.1) is 6.54 Å². The van der Waals surface area contributed by atoms with Gasteiger partial charge in [0.15, 0.2) is 0 Å². The molecule has 0 aliphatic carbocycles. The van der Waals surface area contributed by atoms with Gasteiger partial charge < -0.3 is 24.6 Å². The first kappa shape index (κ1) is 27.6. The monoisotopic (exact) mass is 532 g/mol. The number of benzene rings is 2. The Morgan fingerprint density at radius 2 is 1.59 bits per heavy atom. The quantitative estimate of drug-likeness (QED) is 0.272. The van der Waals surface area contributed by atoms with E-state index in [0.717, 1.165) is 38.8 Å². The van der Waals surface area contributed by atoms with E-state index in [0.29, 0.717) is 16.7 Å². The molecule has 0 spiro atoms. The number of carbonyl (C=O) groups is 3. The highest BCUT2D eigenvalue weighted by atomic mass is 16.4. The molecule has 0 saturated carbocycles. The van der Waals surface area contributed by atoms with Gasteiger partial charge in [0.2, 0.25) is 11.8 Å². The average molecular weight is 533 g/mol. The van der Waals surface area contributed by atoms with Gasteiger partial charge in [-0.25, -0.2) is 9.59 Å². The van der Waals surface area contributed by atoms with Crippen molar-refractivity contribution in [2.75, 3.05) is 6.54 Å². The van der Waals surface area contributed by atoms with Crippen LogP contribution < -0.4 is 16.3 Å². The van der Waals surface area contributed by atoms with Gasteiger partial charge in [-0.3, -0.25) is 9.59 Å². The molecule has 0 aliphatic heterocycles. The topological polar surface area (TPSA) is 139 Å². The number of amides is 2. The summed E-state index contributed by atoms with van der Waals surface area (Å²) in [5, 5.41) is 15.8. The van der Waals surface area contributed by atoms with E-state index in [2.05, 4.69) is 10.6 Å². The number of fused-ring (bicyclic) bond motifs is 2. The van der Waals surface area contributed by atoms with Crippen molar-refractivity contribution in [2.24, 2.45) is 5.92 Å². The number of furan rings is 1. The summed E-state index contributed by atoms with van der Waals surface area (Å²) in [5.41, 5.74) is 4.40. The summed E-state index contributed by atoms with van der Waals surface area (Å²) in [5.74, 6) is -1.73. The molecule has 1 atom stereocenters. The lowest BCUT2D eigenvalue weighted by Gasteiger charge is -2.18. The van der Waals surface area contributed by atoms with Crippen LogP contribution in [0.2, 0.25) is 0 Å². The van der Waals surface area contributed by atoms with E-state index in [-0.39, 0.29) is 25.3 Å². The first-order valence-corrected chi connectivity index (χ1v) is 12.8. The SMILES string of the molecule is Cc1oc2c(C)c3oc(=O)c(CCC(=O)NCC(=O)NC(C(=O)O)C(C)C)c(C)c3cc2c1-c1ccccc1. The maximum absolute atomic E-state index is 12.9. The van der Waals surface area contributed by atoms with Gasteiger partial charge in [0.25, 0.3) is 0 Å². The maximum Gasteiger partial charge on any atom is 0.339 e. The highest BCUT2D eigenvalue weighted by Gasteiger charge is 2.24. The van der Waals surface area contributed by atoms with Crippen molar-refractivity contribution >= 4 is 39.7 Å². The fourth-order valence-corrected chi connectivity index (χ4v) is 4.87. The minimum Gasteiger partial charge on any atom is -0.480 e. The van der Waals surface area contributed by atoms with E-state index >= 15 is 0 Å². The number of rotatable bonds is 9. The smallest absolute Gasteiger partial charge is 0.339 e. The van der Waals surface area contributed by atoms with Crippen molar-refractivity contribution < 1.29 is 28.3 Å². The summed E-state index contributed by atoms with van der Waals surface area (Å²) in [4.78, 5) is 48.7.